The van der Waals surface area contributed by atoms with Crippen molar-refractivity contribution in [2.24, 2.45) is 0 Å². The van der Waals surface area contributed by atoms with E-state index < -0.39 is 0 Å². The molecule has 0 saturated heterocycles. The van der Waals surface area contributed by atoms with E-state index in [1.165, 1.54) is 11.1 Å². The Labute approximate surface area is 97.8 Å². The Morgan fingerprint density at radius 1 is 1.40 bits per heavy atom. The van der Waals surface area contributed by atoms with E-state index in [1.807, 2.05) is 12.1 Å². The van der Waals surface area contributed by atoms with Gasteiger partial charge in [-0.15, -0.1) is 11.6 Å². The Morgan fingerprint density at radius 2 is 2.27 bits per heavy atom. The molecule has 0 saturated carbocycles. The summed E-state index contributed by atoms with van der Waals surface area (Å²) in [5.41, 5.74) is 3.50. The fourth-order valence-electron chi connectivity index (χ4n) is 2.33. The minimum Gasteiger partial charge on any atom is -0.327 e. The molecule has 0 unspecified atom stereocenters. The summed E-state index contributed by atoms with van der Waals surface area (Å²) in [5, 5.41) is 0.769. The smallest absolute Gasteiger partial charge is 0.124 e. The Bertz CT molecular complexity index is 531. The summed E-state index contributed by atoms with van der Waals surface area (Å²) in [4.78, 5) is 4.51. The van der Waals surface area contributed by atoms with E-state index in [-0.39, 0.29) is 0 Å². The lowest BCUT2D eigenvalue weighted by Crippen LogP contribution is -2.09. The molecule has 2 nitrogen and oxygen atoms in total. The number of halogens is 2. The van der Waals surface area contributed by atoms with Gasteiger partial charge in [-0.1, -0.05) is 11.6 Å². The highest BCUT2D eigenvalue weighted by Crippen LogP contribution is 2.30. The van der Waals surface area contributed by atoms with Gasteiger partial charge in [0.1, 0.15) is 5.82 Å². The van der Waals surface area contributed by atoms with E-state index >= 15 is 0 Å². The maximum atomic E-state index is 6.05. The Kier molecular flexibility index (Phi) is 2.15. The van der Waals surface area contributed by atoms with Crippen molar-refractivity contribution in [2.45, 2.75) is 25.3 Å². The van der Waals surface area contributed by atoms with E-state index in [4.69, 9.17) is 23.2 Å². The van der Waals surface area contributed by atoms with Crippen LogP contribution < -0.4 is 0 Å². The summed E-state index contributed by atoms with van der Waals surface area (Å²) in [7, 11) is 0. The lowest BCUT2D eigenvalue weighted by Gasteiger charge is -2.16. The zero-order valence-electron chi connectivity index (χ0n) is 8.13. The topological polar surface area (TPSA) is 17.8 Å². The van der Waals surface area contributed by atoms with E-state index in [9.17, 15) is 0 Å². The molecule has 0 aliphatic carbocycles. The monoisotopic (exact) mass is 240 g/mol. The molecule has 0 spiro atoms. The van der Waals surface area contributed by atoms with Gasteiger partial charge in [0.2, 0.25) is 0 Å². The molecule has 1 aliphatic rings. The van der Waals surface area contributed by atoms with Gasteiger partial charge in [0.25, 0.3) is 0 Å². The lowest BCUT2D eigenvalue weighted by molar-refractivity contribution is 0.614. The van der Waals surface area contributed by atoms with Gasteiger partial charge in [0.05, 0.1) is 16.9 Å². The Hall–Kier alpha value is -0.730. The fraction of sp³-hybridized carbons (Fsp3) is 0.364. The molecule has 2 heterocycles. The summed E-state index contributed by atoms with van der Waals surface area (Å²) in [5.74, 6) is 1.42. The first-order chi connectivity index (χ1) is 7.29. The van der Waals surface area contributed by atoms with Crippen molar-refractivity contribution in [1.29, 1.82) is 0 Å². The highest BCUT2D eigenvalue weighted by Gasteiger charge is 2.17. The number of hydrogen-bond donors (Lipinski definition) is 0. The molecule has 0 radical (unpaired) electrons. The molecule has 15 heavy (non-hydrogen) atoms. The molecule has 1 aromatic heterocycles. The first kappa shape index (κ1) is 9.49. The third-order valence-electron chi connectivity index (χ3n) is 2.91. The molecule has 0 fully saturated rings. The lowest BCUT2D eigenvalue weighted by atomic mass is 10.0. The van der Waals surface area contributed by atoms with E-state index in [0.717, 1.165) is 35.8 Å². The van der Waals surface area contributed by atoms with Gasteiger partial charge in [-0.3, -0.25) is 0 Å². The minimum absolute atomic E-state index is 0.464. The number of rotatable bonds is 1. The predicted molar refractivity (Wildman–Crippen MR) is 62.6 cm³/mol. The van der Waals surface area contributed by atoms with Crippen molar-refractivity contribution in [1.82, 2.24) is 9.55 Å². The minimum atomic E-state index is 0.464. The van der Waals surface area contributed by atoms with Crippen LogP contribution in [0.25, 0.3) is 11.0 Å². The van der Waals surface area contributed by atoms with Crippen LogP contribution in [0.4, 0.5) is 0 Å². The molecule has 78 valence electrons. The summed E-state index contributed by atoms with van der Waals surface area (Å²) in [6.07, 6.45) is 2.23. The zero-order valence-corrected chi connectivity index (χ0v) is 9.65. The van der Waals surface area contributed by atoms with Gasteiger partial charge in [-0.2, -0.15) is 0 Å². The SMILES string of the molecule is ClCc1nc2cc(Cl)cc3c2n1CCC3. The molecular formula is C11H10Cl2N2. The third-order valence-corrected chi connectivity index (χ3v) is 3.37. The van der Waals surface area contributed by atoms with Gasteiger partial charge in [0.15, 0.2) is 0 Å². The van der Waals surface area contributed by atoms with Crippen molar-refractivity contribution in [3.05, 3.63) is 28.5 Å². The van der Waals surface area contributed by atoms with Crippen LogP contribution in [0.5, 0.6) is 0 Å². The third kappa shape index (κ3) is 1.35. The fourth-order valence-corrected chi connectivity index (χ4v) is 2.77. The molecule has 4 heteroatoms. The molecule has 3 rings (SSSR count). The van der Waals surface area contributed by atoms with Crippen molar-refractivity contribution < 1.29 is 0 Å². The van der Waals surface area contributed by atoms with Crippen molar-refractivity contribution in [2.75, 3.05) is 0 Å². The summed E-state index contributed by atoms with van der Waals surface area (Å²) in [6.45, 7) is 1.02. The second kappa shape index (κ2) is 3.39. The molecule has 0 amide bonds. The second-order valence-electron chi connectivity index (χ2n) is 3.85. The first-order valence-corrected chi connectivity index (χ1v) is 5.94. The summed E-state index contributed by atoms with van der Waals surface area (Å²) >= 11 is 11.9. The Balaban J connectivity index is 2.41. The number of alkyl halides is 1. The van der Waals surface area contributed by atoms with E-state index in [0.29, 0.717) is 5.88 Å². The van der Waals surface area contributed by atoms with E-state index in [1.54, 1.807) is 0 Å². The van der Waals surface area contributed by atoms with Crippen LogP contribution in [0.15, 0.2) is 12.1 Å². The number of aryl methyl sites for hydroxylation is 2. The number of nitrogens with zero attached hydrogens (tertiary/aromatic N) is 2. The quantitative estimate of drug-likeness (QED) is 0.700. The number of hydrogen-bond acceptors (Lipinski definition) is 1. The first-order valence-electron chi connectivity index (χ1n) is 5.03. The number of benzene rings is 1. The molecule has 0 bridgehead atoms. The molecule has 1 aromatic carbocycles. The van der Waals surface area contributed by atoms with Crippen LogP contribution in [0.3, 0.4) is 0 Å². The van der Waals surface area contributed by atoms with E-state index in [2.05, 4.69) is 9.55 Å². The van der Waals surface area contributed by atoms with Crippen LogP contribution in [0.1, 0.15) is 17.8 Å². The van der Waals surface area contributed by atoms with Gasteiger partial charge in [0, 0.05) is 11.6 Å². The largest absolute Gasteiger partial charge is 0.327 e. The van der Waals surface area contributed by atoms with Gasteiger partial charge in [-0.05, 0) is 30.5 Å². The predicted octanol–water partition coefficient (Wildman–Crippen LogP) is 3.37. The molecule has 2 aromatic rings. The van der Waals surface area contributed by atoms with Crippen LogP contribution in [0, 0.1) is 0 Å². The van der Waals surface area contributed by atoms with Crippen LogP contribution in [0.2, 0.25) is 5.02 Å². The average molecular weight is 241 g/mol. The number of imidazole rings is 1. The maximum absolute atomic E-state index is 6.05. The second-order valence-corrected chi connectivity index (χ2v) is 4.55. The number of aromatic nitrogens is 2. The summed E-state index contributed by atoms with van der Waals surface area (Å²) in [6, 6.07) is 3.96. The van der Waals surface area contributed by atoms with Crippen LogP contribution >= 0.6 is 23.2 Å². The highest BCUT2D eigenvalue weighted by molar-refractivity contribution is 6.31. The maximum Gasteiger partial charge on any atom is 0.124 e. The Morgan fingerprint density at radius 3 is 3.07 bits per heavy atom. The van der Waals surface area contributed by atoms with Gasteiger partial charge in [-0.25, -0.2) is 4.98 Å². The van der Waals surface area contributed by atoms with Crippen molar-refractivity contribution in [3.8, 4) is 0 Å². The van der Waals surface area contributed by atoms with Gasteiger partial charge >= 0.3 is 0 Å². The van der Waals surface area contributed by atoms with Crippen LogP contribution in [-0.2, 0) is 18.8 Å². The molecule has 0 atom stereocenters. The van der Waals surface area contributed by atoms with Crippen molar-refractivity contribution >= 4 is 34.2 Å². The zero-order chi connectivity index (χ0) is 10.4. The molecule has 0 N–H and O–H groups in total. The highest BCUT2D eigenvalue weighted by atomic mass is 35.5. The van der Waals surface area contributed by atoms with Crippen LogP contribution in [-0.4, -0.2) is 9.55 Å². The van der Waals surface area contributed by atoms with Gasteiger partial charge < -0.3 is 4.57 Å². The normalized spacial score (nSPS) is 14.8. The van der Waals surface area contributed by atoms with Crippen molar-refractivity contribution in [3.63, 3.8) is 0 Å². The summed E-state index contributed by atoms with van der Waals surface area (Å²) < 4.78 is 2.22. The standard InChI is InChI=1S/C11H10Cl2N2/c12-6-10-14-9-5-8(13)4-7-2-1-3-15(10)11(7)9/h4-5H,1-3,6H2. The average Bonchev–Trinajstić information content (AvgIpc) is 2.58. The molecule has 1 aliphatic heterocycles. The molecular weight excluding hydrogens is 231 g/mol.